The highest BCUT2D eigenvalue weighted by Crippen LogP contribution is 2.31. The van der Waals surface area contributed by atoms with Gasteiger partial charge in [0.25, 0.3) is 5.69 Å². The Morgan fingerprint density at radius 2 is 2.05 bits per heavy atom. The van der Waals surface area contributed by atoms with Gasteiger partial charge in [-0.15, -0.1) is 0 Å². The molecule has 1 aliphatic rings. The molecule has 1 aromatic rings. The van der Waals surface area contributed by atoms with Crippen molar-refractivity contribution in [3.8, 4) is 0 Å². The van der Waals surface area contributed by atoms with Gasteiger partial charge in [0.2, 0.25) is 10.0 Å². The van der Waals surface area contributed by atoms with Crippen LogP contribution in [0.25, 0.3) is 0 Å². The zero-order chi connectivity index (χ0) is 16.5. The number of hydrogen-bond donors (Lipinski definition) is 2. The molecule has 122 valence electrons. The number of nitrogens with zero attached hydrogens (tertiary/aromatic N) is 1. The number of rotatable bonds is 5. The second-order valence-corrected chi connectivity index (χ2v) is 7.42. The first kappa shape index (κ1) is 16.9. The monoisotopic (exact) mass is 327 g/mol. The highest BCUT2D eigenvalue weighted by Gasteiger charge is 2.34. The maximum Gasteiger partial charge on any atom is 0.289 e. The van der Waals surface area contributed by atoms with E-state index in [4.69, 9.17) is 5.73 Å². The van der Waals surface area contributed by atoms with Gasteiger partial charge in [-0.1, -0.05) is 12.5 Å². The quantitative estimate of drug-likeness (QED) is 0.630. The molecule has 1 saturated carbocycles. The normalized spacial score (nSPS) is 22.0. The van der Waals surface area contributed by atoms with Crippen LogP contribution in [0, 0.1) is 29.9 Å². The van der Waals surface area contributed by atoms with E-state index >= 15 is 0 Å². The summed E-state index contributed by atoms with van der Waals surface area (Å²) < 4.78 is 28.0. The molecule has 0 spiro atoms. The van der Waals surface area contributed by atoms with Crippen LogP contribution in [0.3, 0.4) is 0 Å². The fourth-order valence-corrected chi connectivity index (χ4v) is 4.80. The Hall–Kier alpha value is -1.51. The third-order valence-corrected chi connectivity index (χ3v) is 6.06. The average molecular weight is 327 g/mol. The molecule has 3 N–H and O–H groups in total. The first-order chi connectivity index (χ1) is 10.3. The molecule has 0 unspecified atom stereocenters. The van der Waals surface area contributed by atoms with Gasteiger partial charge in [0.1, 0.15) is 0 Å². The summed E-state index contributed by atoms with van der Waals surface area (Å²) in [7, 11) is -3.96. The predicted molar refractivity (Wildman–Crippen MR) is 83.1 cm³/mol. The zero-order valence-electron chi connectivity index (χ0n) is 12.7. The van der Waals surface area contributed by atoms with Crippen molar-refractivity contribution < 1.29 is 13.3 Å². The average Bonchev–Trinajstić information content (AvgIpc) is 2.87. The van der Waals surface area contributed by atoms with Crippen molar-refractivity contribution in [1.82, 2.24) is 4.72 Å². The summed E-state index contributed by atoms with van der Waals surface area (Å²) in [4.78, 5) is 10.3. The molecule has 1 aliphatic carbocycles. The maximum absolute atomic E-state index is 12.7. The van der Waals surface area contributed by atoms with Crippen LogP contribution in [0.2, 0.25) is 0 Å². The van der Waals surface area contributed by atoms with E-state index in [1.165, 1.54) is 6.07 Å². The first-order valence-electron chi connectivity index (χ1n) is 7.25. The maximum atomic E-state index is 12.7. The third kappa shape index (κ3) is 3.13. The Kier molecular flexibility index (Phi) is 4.84. The van der Waals surface area contributed by atoms with Crippen molar-refractivity contribution in [3.63, 3.8) is 0 Å². The van der Waals surface area contributed by atoms with Gasteiger partial charge in [-0.05, 0) is 50.3 Å². The lowest BCUT2D eigenvalue weighted by Gasteiger charge is -2.20. The van der Waals surface area contributed by atoms with Crippen LogP contribution in [0.4, 0.5) is 5.69 Å². The van der Waals surface area contributed by atoms with E-state index in [9.17, 15) is 18.5 Å². The number of nitro benzene ring substituents is 1. The molecule has 22 heavy (non-hydrogen) atoms. The topological polar surface area (TPSA) is 115 Å². The van der Waals surface area contributed by atoms with Crippen LogP contribution < -0.4 is 10.5 Å². The number of nitrogens with one attached hydrogen (secondary N) is 1. The molecule has 0 radical (unpaired) electrons. The van der Waals surface area contributed by atoms with Gasteiger partial charge < -0.3 is 5.73 Å². The Balaban J connectivity index is 2.45. The van der Waals surface area contributed by atoms with Gasteiger partial charge in [0.15, 0.2) is 4.90 Å². The summed E-state index contributed by atoms with van der Waals surface area (Å²) in [5, 5.41) is 11.2. The summed E-state index contributed by atoms with van der Waals surface area (Å²) in [5.74, 6) is 0.0824. The van der Waals surface area contributed by atoms with Crippen molar-refractivity contribution in [2.24, 2.45) is 11.7 Å². The lowest BCUT2D eigenvalue weighted by Crippen LogP contribution is -2.40. The number of aryl methyl sites for hydroxylation is 1. The van der Waals surface area contributed by atoms with Gasteiger partial charge in [0, 0.05) is 12.1 Å². The highest BCUT2D eigenvalue weighted by atomic mass is 32.2. The fourth-order valence-electron chi connectivity index (χ4n) is 2.99. The Bertz CT molecular complexity index is 688. The number of benzene rings is 1. The molecular formula is C14H21N3O4S. The molecule has 0 aromatic heterocycles. The predicted octanol–water partition coefficient (Wildman–Crippen LogP) is 1.62. The molecule has 0 aliphatic heterocycles. The molecule has 8 heteroatoms. The molecular weight excluding hydrogens is 306 g/mol. The standard InChI is InChI=1S/C14H21N3O4S/c1-9-6-7-13(17(18)19)14(10(9)2)22(20,21)16-12-5-3-4-11(12)8-15/h6-7,11-12,16H,3-5,8,15H2,1-2H3/t11-,12-/m1/s1. The van der Waals surface area contributed by atoms with Gasteiger partial charge in [-0.2, -0.15) is 0 Å². The van der Waals surface area contributed by atoms with E-state index in [1.807, 2.05) is 0 Å². The van der Waals surface area contributed by atoms with Crippen LogP contribution in [0.15, 0.2) is 17.0 Å². The van der Waals surface area contributed by atoms with E-state index < -0.39 is 20.6 Å². The number of hydrogen-bond acceptors (Lipinski definition) is 5. The largest absolute Gasteiger partial charge is 0.330 e. The van der Waals surface area contributed by atoms with Crippen molar-refractivity contribution in [2.45, 2.75) is 44.0 Å². The number of nitrogens with two attached hydrogens (primary N) is 1. The summed E-state index contributed by atoms with van der Waals surface area (Å²) in [5.41, 5.74) is 6.39. The second kappa shape index (κ2) is 6.31. The van der Waals surface area contributed by atoms with Crippen LogP contribution in [-0.4, -0.2) is 25.9 Å². The molecule has 0 amide bonds. The van der Waals surface area contributed by atoms with E-state index in [0.717, 1.165) is 12.8 Å². The van der Waals surface area contributed by atoms with E-state index in [1.54, 1.807) is 19.9 Å². The minimum Gasteiger partial charge on any atom is -0.330 e. The van der Waals surface area contributed by atoms with Crippen LogP contribution >= 0.6 is 0 Å². The summed E-state index contributed by atoms with van der Waals surface area (Å²) in [6.45, 7) is 3.73. The smallest absolute Gasteiger partial charge is 0.289 e. The first-order valence-corrected chi connectivity index (χ1v) is 8.73. The van der Waals surface area contributed by atoms with Gasteiger partial charge >= 0.3 is 0 Å². The highest BCUT2D eigenvalue weighted by molar-refractivity contribution is 7.89. The lowest BCUT2D eigenvalue weighted by molar-refractivity contribution is -0.387. The minimum absolute atomic E-state index is 0.0824. The molecule has 7 nitrogen and oxygen atoms in total. The molecule has 1 fully saturated rings. The molecule has 2 rings (SSSR count). The van der Waals surface area contributed by atoms with Gasteiger partial charge in [-0.3, -0.25) is 10.1 Å². The fraction of sp³-hybridized carbons (Fsp3) is 0.571. The molecule has 2 atom stereocenters. The number of sulfonamides is 1. The summed E-state index contributed by atoms with van der Waals surface area (Å²) >= 11 is 0. The SMILES string of the molecule is Cc1ccc([N+](=O)[O-])c(S(=O)(=O)N[C@@H]2CCC[C@@H]2CN)c1C. The van der Waals surface area contributed by atoms with Crippen molar-refractivity contribution in [3.05, 3.63) is 33.4 Å². The molecule has 0 saturated heterocycles. The van der Waals surface area contributed by atoms with Crippen molar-refractivity contribution in [2.75, 3.05) is 6.54 Å². The van der Waals surface area contributed by atoms with Crippen LogP contribution in [0.5, 0.6) is 0 Å². The minimum atomic E-state index is -3.96. The summed E-state index contributed by atoms with van der Waals surface area (Å²) in [6, 6.07) is 2.55. The Morgan fingerprint density at radius 1 is 1.36 bits per heavy atom. The number of nitro groups is 1. The van der Waals surface area contributed by atoms with E-state index in [2.05, 4.69) is 4.72 Å². The molecule has 0 heterocycles. The Labute approximate surface area is 130 Å². The van der Waals surface area contributed by atoms with Gasteiger partial charge in [-0.25, -0.2) is 13.1 Å². The Morgan fingerprint density at radius 3 is 2.64 bits per heavy atom. The van der Waals surface area contributed by atoms with E-state index in [-0.39, 0.29) is 16.9 Å². The van der Waals surface area contributed by atoms with E-state index in [0.29, 0.717) is 24.1 Å². The lowest BCUT2D eigenvalue weighted by atomic mass is 10.1. The van der Waals surface area contributed by atoms with Crippen molar-refractivity contribution in [1.29, 1.82) is 0 Å². The molecule has 1 aromatic carbocycles. The van der Waals surface area contributed by atoms with Crippen LogP contribution in [-0.2, 0) is 10.0 Å². The molecule has 0 bridgehead atoms. The second-order valence-electron chi connectivity index (χ2n) is 5.77. The summed E-state index contributed by atoms with van der Waals surface area (Å²) in [6.07, 6.45) is 2.49. The van der Waals surface area contributed by atoms with Crippen molar-refractivity contribution >= 4 is 15.7 Å². The third-order valence-electron chi connectivity index (χ3n) is 4.39. The zero-order valence-corrected chi connectivity index (χ0v) is 13.5. The van der Waals surface area contributed by atoms with Gasteiger partial charge in [0.05, 0.1) is 4.92 Å². The van der Waals surface area contributed by atoms with Crippen LogP contribution in [0.1, 0.15) is 30.4 Å².